The largest absolute Gasteiger partial charge is 0.466 e. The number of carbonyl (C=O) groups is 2. The molecule has 0 aliphatic heterocycles. The van der Waals surface area contributed by atoms with Crippen LogP contribution < -0.4 is 5.32 Å². The van der Waals surface area contributed by atoms with Crippen LogP contribution in [0.3, 0.4) is 0 Å². The van der Waals surface area contributed by atoms with E-state index in [1.165, 1.54) is 270 Å². The Kier molecular flexibility index (Phi) is 57.0. The van der Waals surface area contributed by atoms with Gasteiger partial charge in [0.15, 0.2) is 0 Å². The summed E-state index contributed by atoms with van der Waals surface area (Å²) >= 11 is 0. The van der Waals surface area contributed by atoms with Crippen LogP contribution in [0.2, 0.25) is 0 Å². The van der Waals surface area contributed by atoms with Crippen molar-refractivity contribution >= 4 is 11.9 Å². The molecular formula is C62H121NO5. The van der Waals surface area contributed by atoms with E-state index in [2.05, 4.69) is 31.3 Å². The van der Waals surface area contributed by atoms with Gasteiger partial charge in [0, 0.05) is 12.8 Å². The zero-order valence-electron chi connectivity index (χ0n) is 46.1. The molecule has 0 aromatic carbocycles. The molecule has 3 N–H and O–H groups in total. The summed E-state index contributed by atoms with van der Waals surface area (Å²) < 4.78 is 5.48. The van der Waals surface area contributed by atoms with Gasteiger partial charge in [0.25, 0.3) is 0 Å². The van der Waals surface area contributed by atoms with Crippen molar-refractivity contribution in [2.45, 2.75) is 360 Å². The summed E-state index contributed by atoms with van der Waals surface area (Å²) in [7, 11) is 0. The minimum absolute atomic E-state index is 0.00138. The lowest BCUT2D eigenvalue weighted by atomic mass is 10.0. The van der Waals surface area contributed by atoms with Crippen molar-refractivity contribution in [1.29, 1.82) is 0 Å². The second-order valence-corrected chi connectivity index (χ2v) is 21.4. The first-order valence-corrected chi connectivity index (χ1v) is 30.9. The number of allylic oxidation sites excluding steroid dienone is 2. The fraction of sp³-hybridized carbons (Fsp3) is 0.935. The van der Waals surface area contributed by atoms with Gasteiger partial charge in [-0.2, -0.15) is 0 Å². The average molecular weight is 961 g/mol. The van der Waals surface area contributed by atoms with E-state index in [4.69, 9.17) is 4.74 Å². The molecule has 0 bridgehead atoms. The molecule has 404 valence electrons. The van der Waals surface area contributed by atoms with E-state index in [-0.39, 0.29) is 18.5 Å². The van der Waals surface area contributed by atoms with Gasteiger partial charge in [-0.3, -0.25) is 9.59 Å². The number of aliphatic hydroxyl groups is 2. The summed E-state index contributed by atoms with van der Waals surface area (Å²) in [5.41, 5.74) is 0. The highest BCUT2D eigenvalue weighted by atomic mass is 16.5. The Hall–Kier alpha value is -1.40. The van der Waals surface area contributed by atoms with E-state index in [1.54, 1.807) is 0 Å². The van der Waals surface area contributed by atoms with Crippen LogP contribution >= 0.6 is 0 Å². The second kappa shape index (κ2) is 58.2. The molecule has 0 aliphatic rings. The van der Waals surface area contributed by atoms with E-state index in [0.717, 1.165) is 44.9 Å². The summed E-state index contributed by atoms with van der Waals surface area (Å²) in [6.45, 7) is 4.96. The molecule has 0 saturated heterocycles. The fourth-order valence-electron chi connectivity index (χ4n) is 9.81. The van der Waals surface area contributed by atoms with Crippen LogP contribution in [-0.2, 0) is 14.3 Å². The van der Waals surface area contributed by atoms with Gasteiger partial charge in [-0.25, -0.2) is 0 Å². The molecule has 0 aliphatic carbocycles. The van der Waals surface area contributed by atoms with Crippen molar-refractivity contribution in [3.63, 3.8) is 0 Å². The third kappa shape index (κ3) is 53.9. The number of rotatable bonds is 58. The lowest BCUT2D eigenvalue weighted by Gasteiger charge is -2.22. The topological polar surface area (TPSA) is 95.9 Å². The van der Waals surface area contributed by atoms with Gasteiger partial charge in [0.05, 0.1) is 25.4 Å². The van der Waals surface area contributed by atoms with Crippen LogP contribution in [0, 0.1) is 0 Å². The Balaban J connectivity index is 3.40. The van der Waals surface area contributed by atoms with E-state index in [1.807, 2.05) is 0 Å². The van der Waals surface area contributed by atoms with Crippen molar-refractivity contribution in [3.05, 3.63) is 12.2 Å². The molecule has 1 amide bonds. The Bertz CT molecular complexity index is 1020. The van der Waals surface area contributed by atoms with Crippen molar-refractivity contribution in [3.8, 4) is 0 Å². The van der Waals surface area contributed by atoms with Gasteiger partial charge in [-0.05, 0) is 51.4 Å². The van der Waals surface area contributed by atoms with Crippen molar-refractivity contribution in [1.82, 2.24) is 5.32 Å². The highest BCUT2D eigenvalue weighted by molar-refractivity contribution is 5.76. The number of carbonyl (C=O) groups excluding carboxylic acids is 2. The molecule has 0 aromatic heterocycles. The molecule has 0 saturated carbocycles. The first-order chi connectivity index (χ1) is 33.5. The summed E-state index contributed by atoms with van der Waals surface area (Å²) in [5.74, 6) is -0.0333. The fourth-order valence-corrected chi connectivity index (χ4v) is 9.81. The number of hydrogen-bond acceptors (Lipinski definition) is 5. The lowest BCUT2D eigenvalue weighted by molar-refractivity contribution is -0.143. The molecule has 68 heavy (non-hydrogen) atoms. The number of hydrogen-bond donors (Lipinski definition) is 3. The standard InChI is InChI=1S/C62H121NO5/c1-3-5-7-9-11-13-15-17-19-20-24-27-30-34-38-42-46-50-54-60(65)59(58-64)63-61(66)55-51-47-43-39-35-31-28-25-22-21-23-26-29-33-37-41-45-49-53-57-68-62(67)56-52-48-44-40-36-32-18-16-14-12-10-8-6-4-2/h16,18,59-60,64-65H,3-15,17,19-58H2,1-2H3,(H,63,66)/b18-16-. The van der Waals surface area contributed by atoms with Gasteiger partial charge in [-0.1, -0.05) is 296 Å². The molecule has 0 fully saturated rings. The van der Waals surface area contributed by atoms with Gasteiger partial charge in [0.2, 0.25) is 5.91 Å². The molecule has 0 radical (unpaired) electrons. The summed E-state index contributed by atoms with van der Waals surface area (Å²) in [4.78, 5) is 24.5. The maximum atomic E-state index is 12.5. The SMILES string of the molecule is CCCCCCC/C=C\CCCCCCCC(=O)OCCCCCCCCCCCCCCCCCCCCCC(=O)NC(CO)C(O)CCCCCCCCCCCCCCCCCCCC. The van der Waals surface area contributed by atoms with Gasteiger partial charge >= 0.3 is 5.97 Å². The summed E-state index contributed by atoms with van der Waals surface area (Å²) in [5, 5.41) is 23.3. The number of esters is 1. The first kappa shape index (κ1) is 66.6. The van der Waals surface area contributed by atoms with Gasteiger partial charge in [-0.15, -0.1) is 0 Å². The quantitative estimate of drug-likeness (QED) is 0.0321. The maximum absolute atomic E-state index is 12.5. The van der Waals surface area contributed by atoms with Crippen LogP contribution in [0.15, 0.2) is 12.2 Å². The smallest absolute Gasteiger partial charge is 0.305 e. The minimum Gasteiger partial charge on any atom is -0.466 e. The Morgan fingerprint density at radius 1 is 0.397 bits per heavy atom. The van der Waals surface area contributed by atoms with Crippen LogP contribution in [0.1, 0.15) is 348 Å². The minimum atomic E-state index is -0.666. The van der Waals surface area contributed by atoms with Crippen LogP contribution in [0.4, 0.5) is 0 Å². The van der Waals surface area contributed by atoms with Crippen molar-refractivity contribution < 1.29 is 24.5 Å². The average Bonchev–Trinajstić information content (AvgIpc) is 3.34. The van der Waals surface area contributed by atoms with Crippen molar-refractivity contribution in [2.75, 3.05) is 13.2 Å². The van der Waals surface area contributed by atoms with Gasteiger partial charge in [0.1, 0.15) is 0 Å². The van der Waals surface area contributed by atoms with E-state index >= 15 is 0 Å². The molecule has 0 rings (SSSR count). The second-order valence-electron chi connectivity index (χ2n) is 21.4. The van der Waals surface area contributed by atoms with Crippen LogP contribution in [0.5, 0.6) is 0 Å². The van der Waals surface area contributed by atoms with E-state index < -0.39 is 12.1 Å². The maximum Gasteiger partial charge on any atom is 0.305 e. The molecular weight excluding hydrogens is 839 g/mol. The van der Waals surface area contributed by atoms with E-state index in [9.17, 15) is 19.8 Å². The summed E-state index contributed by atoms with van der Waals surface area (Å²) in [6.07, 6.45) is 69.3. The number of amides is 1. The molecule has 0 spiro atoms. The predicted octanol–water partition coefficient (Wildman–Crippen LogP) is 19.2. The Labute approximate surface area is 425 Å². The Morgan fingerprint density at radius 3 is 1.04 bits per heavy atom. The van der Waals surface area contributed by atoms with Crippen LogP contribution in [0.25, 0.3) is 0 Å². The molecule has 2 unspecified atom stereocenters. The normalized spacial score (nSPS) is 12.6. The predicted molar refractivity (Wildman–Crippen MR) is 297 cm³/mol. The molecule has 6 nitrogen and oxygen atoms in total. The van der Waals surface area contributed by atoms with E-state index in [0.29, 0.717) is 25.9 Å². The van der Waals surface area contributed by atoms with Crippen LogP contribution in [-0.4, -0.2) is 47.4 Å². The molecule has 2 atom stereocenters. The number of ether oxygens (including phenoxy) is 1. The highest BCUT2D eigenvalue weighted by Gasteiger charge is 2.20. The number of aliphatic hydroxyl groups excluding tert-OH is 2. The third-order valence-corrected chi connectivity index (χ3v) is 14.6. The molecule has 6 heteroatoms. The number of nitrogens with one attached hydrogen (secondary N) is 1. The third-order valence-electron chi connectivity index (χ3n) is 14.6. The van der Waals surface area contributed by atoms with Gasteiger partial charge < -0.3 is 20.3 Å². The van der Waals surface area contributed by atoms with Crippen molar-refractivity contribution in [2.24, 2.45) is 0 Å². The first-order valence-electron chi connectivity index (χ1n) is 30.9. The molecule has 0 aromatic rings. The zero-order chi connectivity index (χ0) is 49.3. The summed E-state index contributed by atoms with van der Waals surface area (Å²) in [6, 6.07) is -0.543. The monoisotopic (exact) mass is 960 g/mol. The lowest BCUT2D eigenvalue weighted by Crippen LogP contribution is -2.45. The number of unbranched alkanes of at least 4 members (excludes halogenated alkanes) is 45. The molecule has 0 heterocycles. The highest BCUT2D eigenvalue weighted by Crippen LogP contribution is 2.18. The Morgan fingerprint density at radius 2 is 0.691 bits per heavy atom. The zero-order valence-corrected chi connectivity index (χ0v) is 46.1.